The minimum Gasteiger partial charge on any atom is -0.391 e. The van der Waals surface area contributed by atoms with Gasteiger partial charge in [-0.15, -0.1) is 0 Å². The first kappa shape index (κ1) is 103. The van der Waals surface area contributed by atoms with E-state index >= 15 is 0 Å². The van der Waals surface area contributed by atoms with Gasteiger partial charge >= 0.3 is 0 Å². The van der Waals surface area contributed by atoms with Crippen LogP contribution in [-0.2, 0) is 109 Å². The van der Waals surface area contributed by atoms with E-state index < -0.39 is 107 Å². The number of carbonyl (C=O) groups excluding carboxylic acids is 17. The van der Waals surface area contributed by atoms with Crippen molar-refractivity contribution in [3.8, 4) is 0 Å². The molecular formula is C87H107N37O18. The number of hydrogen-bond acceptors (Lipinski definition) is 26. The monoisotopic (exact) mass is 1960 g/mol. The van der Waals surface area contributed by atoms with Crippen LogP contribution in [0.15, 0.2) is 111 Å². The van der Waals surface area contributed by atoms with E-state index in [9.17, 15) is 86.6 Å². The Morgan fingerprint density at radius 1 is 0.303 bits per heavy atom. The van der Waals surface area contributed by atoms with E-state index in [1.807, 2.05) is 19.0 Å². The molecule has 0 saturated heterocycles. The van der Waals surface area contributed by atoms with Crippen molar-refractivity contribution in [2.45, 2.75) is 51.2 Å². The Kier molecular flexibility index (Phi) is 32.4. The lowest BCUT2D eigenvalue weighted by molar-refractivity contribution is -0.121. The Hall–Kier alpha value is -18.2. The molecule has 12 aromatic heterocycles. The van der Waals surface area contributed by atoms with Crippen LogP contribution in [0.1, 0.15) is 166 Å². The first-order valence-corrected chi connectivity index (χ1v) is 43.6. The van der Waals surface area contributed by atoms with Crippen LogP contribution in [0.4, 0.5) is 69.0 Å². The van der Waals surface area contributed by atoms with Gasteiger partial charge in [0.1, 0.15) is 34.2 Å². The van der Waals surface area contributed by atoms with E-state index in [1.54, 1.807) is 55.5 Å². The van der Waals surface area contributed by atoms with Crippen molar-refractivity contribution < 1.29 is 86.6 Å². The van der Waals surface area contributed by atoms with Gasteiger partial charge in [-0.05, 0) is 69.9 Å². The van der Waals surface area contributed by atoms with Gasteiger partial charge in [0.05, 0.1) is 52.7 Å². The van der Waals surface area contributed by atoms with E-state index in [1.165, 1.54) is 202 Å². The van der Waals surface area contributed by atoms with E-state index in [0.29, 0.717) is 12.2 Å². The number of amides is 17. The summed E-state index contributed by atoms with van der Waals surface area (Å²) in [5, 5.41) is 55.8. The van der Waals surface area contributed by atoms with Crippen molar-refractivity contribution >= 4 is 169 Å². The second-order valence-electron chi connectivity index (χ2n) is 33.4. The molecule has 0 aromatic carbocycles. The quantitative estimate of drug-likeness (QED) is 0.0228. The minimum atomic E-state index is -1.38. The number of imidazole rings is 6. The molecule has 748 valence electrons. The fraction of sp³-hybridized carbons (Fsp3) is 0.322. The van der Waals surface area contributed by atoms with Crippen LogP contribution < -0.4 is 96.1 Å². The van der Waals surface area contributed by atoms with Gasteiger partial charge in [0.2, 0.25) is 64.5 Å². The van der Waals surface area contributed by atoms with Crippen molar-refractivity contribution in [1.82, 2.24) is 116 Å². The van der Waals surface area contributed by atoms with Gasteiger partial charge in [-0.3, -0.25) is 81.5 Å². The number of anilines is 12. The molecule has 12 rings (SSSR count). The van der Waals surface area contributed by atoms with Gasteiger partial charge in [0.15, 0.2) is 34.9 Å². The molecule has 142 heavy (non-hydrogen) atoms. The minimum absolute atomic E-state index is 0.000649. The van der Waals surface area contributed by atoms with Crippen molar-refractivity contribution in [2.24, 2.45) is 90.3 Å². The smallest absolute Gasteiger partial charge is 0.292 e. The molecule has 12 heterocycles. The SMILES string of the molecule is CC(=O)Nc1cn(C)c(C(=O)Nc2cn(C)c(C(=O)Nc3cc(C(=O)Nc4cn(C)c(C(=O)NCCC(=O)Nc5cn(C)c(C(=O)Nc6cn(C)c(C(=O)NCC[C@@H](N)C(=O)Nc7cc(C(=O)Nc8cc(C(=O)NC[C@@H](O)CC(=O)Nc9cc(C(=O)Nc%10cn(C)c(C(=O)Nc%11cc(C(=O)Nc%12cc(C(=O)NCCC(=O)NCCCN(C)C)n(C)c%12)n(C)c%11)n%10)n(C)c9)n(C)c8)n(C)c7)n6)n5)n4)n(C)c3)n2)n1. The van der Waals surface area contributed by atoms with Crippen LogP contribution in [-0.4, -0.2) is 261 Å². The first-order chi connectivity index (χ1) is 67.3. The molecule has 0 fully saturated rings. The van der Waals surface area contributed by atoms with Crippen molar-refractivity contribution in [1.29, 1.82) is 0 Å². The third-order valence-corrected chi connectivity index (χ3v) is 21.4. The van der Waals surface area contributed by atoms with Crippen molar-refractivity contribution in [2.75, 3.05) is 117 Å². The average molecular weight is 1960 g/mol. The fourth-order valence-electron chi connectivity index (χ4n) is 14.5. The molecular weight excluding hydrogens is 1850 g/mol. The number of nitrogens with two attached hydrogens (primary N) is 1. The molecule has 0 radical (unpaired) electrons. The molecule has 2 atom stereocenters. The van der Waals surface area contributed by atoms with E-state index in [-0.39, 0.29) is 190 Å². The summed E-state index contributed by atoms with van der Waals surface area (Å²) < 4.78 is 16.9. The number of carbonyl (C=O) groups is 17. The summed E-state index contributed by atoms with van der Waals surface area (Å²) in [6.07, 6.45) is 16.0. The van der Waals surface area contributed by atoms with Gasteiger partial charge in [-0.25, -0.2) is 29.9 Å². The third kappa shape index (κ3) is 26.3. The molecule has 20 N–H and O–H groups in total. The number of hydrogen-bond donors (Lipinski definition) is 19. The van der Waals surface area contributed by atoms with Crippen LogP contribution in [0.3, 0.4) is 0 Å². The predicted molar refractivity (Wildman–Crippen MR) is 514 cm³/mol. The molecule has 0 spiro atoms. The molecule has 0 aliphatic carbocycles. The molecule has 12 aromatic rings. The van der Waals surface area contributed by atoms with Gasteiger partial charge in [-0.2, -0.15) is 0 Å². The molecule has 0 aliphatic rings. The molecule has 0 aliphatic heterocycles. The molecule has 0 bridgehead atoms. The zero-order valence-electron chi connectivity index (χ0n) is 79.8. The maximum absolute atomic E-state index is 13.6. The molecule has 0 saturated carbocycles. The van der Waals surface area contributed by atoms with Crippen molar-refractivity contribution in [3.63, 3.8) is 0 Å². The Bertz CT molecular complexity index is 6930. The Morgan fingerprint density at radius 2 is 0.585 bits per heavy atom. The second kappa shape index (κ2) is 44.7. The number of aliphatic hydroxyl groups excluding tert-OH is 1. The number of rotatable bonds is 42. The normalized spacial score (nSPS) is 11.5. The van der Waals surface area contributed by atoms with E-state index in [0.717, 1.165) is 13.0 Å². The largest absolute Gasteiger partial charge is 0.391 e. The highest BCUT2D eigenvalue weighted by Crippen LogP contribution is 2.26. The lowest BCUT2D eigenvalue weighted by Crippen LogP contribution is -2.39. The van der Waals surface area contributed by atoms with E-state index in [4.69, 9.17) is 5.73 Å². The first-order valence-electron chi connectivity index (χ1n) is 43.6. The Balaban J connectivity index is 0.516. The highest BCUT2D eigenvalue weighted by atomic mass is 16.3. The van der Waals surface area contributed by atoms with Crippen LogP contribution >= 0.6 is 0 Å². The third-order valence-electron chi connectivity index (χ3n) is 21.4. The molecule has 17 amide bonds. The average Bonchev–Trinajstić information content (AvgIpc) is 1.62. The Labute approximate surface area is 807 Å². The van der Waals surface area contributed by atoms with Gasteiger partial charge in [0.25, 0.3) is 70.9 Å². The standard InChI is InChI=1S/C87H107N37O18/c1-45(125)94-60-39-121(12)73(102-60)86(141)111-65-44-124(15)72(107-65)85(140)100-51-30-59(118(9)38-51)81(136)108-62-41-119(10)70(104-62)83(138)92-23-19-67(128)101-61-40-122(13)74(103-61)87(142)110-64-43-120(11)69(105-64)82(137)91-21-17-53(88)75(130)96-47-28-56(116(7)34-47)78(133)98-49-27-55(114(5)36-49)77(132)93-32-52(126)31-68(129)95-46-25-58(115(6)33-46)80(135)109-63-42-123(14)71(106-63)84(139)99-50-29-57(117(8)37-50)79(134)97-48-26-54(113(4)35-48)76(131)90-22-18-66(127)89-20-16-24-112(2)3/h25-30,33-44,52-53,126H,16-24,31-32,88H2,1-15H3,(H,89,127)(H,90,131)(H,91,137)(H,92,138)(H,93,132)(H,94,125)(H,95,129)(H,96,130)(H,97,134)(H,98,133)(H,99,139)(H,100,140)(H,101,128)(H,108,136)(H,109,135)(H,110,142)(H,111,141)/t52-,53+/m0/s1. The molecule has 55 nitrogen and oxygen atoms in total. The molecule has 0 unspecified atom stereocenters. The predicted octanol–water partition coefficient (Wildman–Crippen LogP) is 0.247. The maximum atomic E-state index is 13.6. The summed E-state index contributed by atoms with van der Waals surface area (Å²) in [5.41, 5.74) is 8.30. The highest BCUT2D eigenvalue weighted by Gasteiger charge is 2.30. The summed E-state index contributed by atoms with van der Waals surface area (Å²) in [6, 6.07) is 7.30. The second-order valence-corrected chi connectivity index (χ2v) is 33.4. The van der Waals surface area contributed by atoms with Crippen LogP contribution in [0.5, 0.6) is 0 Å². The van der Waals surface area contributed by atoms with E-state index in [2.05, 4.69) is 120 Å². The topological polar surface area (TPSA) is 681 Å². The molecule has 55 heteroatoms. The fourth-order valence-corrected chi connectivity index (χ4v) is 14.5. The summed E-state index contributed by atoms with van der Waals surface area (Å²) in [7, 11) is 22.5. The highest BCUT2D eigenvalue weighted by molar-refractivity contribution is 6.11. The summed E-state index contributed by atoms with van der Waals surface area (Å²) >= 11 is 0. The Morgan fingerprint density at radius 3 is 0.951 bits per heavy atom. The number of nitrogens with one attached hydrogen (secondary N) is 17. The zero-order valence-corrected chi connectivity index (χ0v) is 79.8. The number of aliphatic hydroxyl groups is 1. The lowest BCUT2D eigenvalue weighted by atomic mass is 10.2. The lowest BCUT2D eigenvalue weighted by Gasteiger charge is -2.12. The maximum Gasteiger partial charge on any atom is 0.292 e. The van der Waals surface area contributed by atoms with Gasteiger partial charge < -0.3 is 161 Å². The van der Waals surface area contributed by atoms with Crippen molar-refractivity contribution in [3.05, 3.63) is 180 Å². The van der Waals surface area contributed by atoms with Gasteiger partial charge in [-0.1, -0.05) is 0 Å². The number of nitrogens with zero attached hydrogens (tertiary/aromatic N) is 19. The van der Waals surface area contributed by atoms with Crippen LogP contribution in [0.2, 0.25) is 0 Å². The summed E-state index contributed by atoms with van der Waals surface area (Å²) in [5.74, 6) is -10.7. The number of aromatic nitrogens is 18. The zero-order chi connectivity index (χ0) is 103. The van der Waals surface area contributed by atoms with Crippen LogP contribution in [0, 0.1) is 0 Å². The van der Waals surface area contributed by atoms with Crippen LogP contribution in [0.25, 0.3) is 0 Å². The summed E-state index contributed by atoms with van der Waals surface area (Å²) in [4.78, 5) is 251. The summed E-state index contributed by atoms with van der Waals surface area (Å²) in [6.45, 7) is 2.10. The van der Waals surface area contributed by atoms with Gasteiger partial charge in [0, 0.05) is 211 Å². The number of aryl methyl sites for hydroxylation is 12.